The molecule has 2 aromatic rings. The van der Waals surface area contributed by atoms with Gasteiger partial charge in [-0.25, -0.2) is 9.59 Å². The number of nitrogens with zero attached hydrogens (tertiary/aromatic N) is 4. The Morgan fingerprint density at radius 1 is 1.14 bits per heavy atom. The van der Waals surface area contributed by atoms with Gasteiger partial charge < -0.3 is 24.3 Å². The topological polar surface area (TPSA) is 117 Å². The number of carbonyl (C=O) groups is 3. The van der Waals surface area contributed by atoms with Crippen LogP contribution in [0.4, 0.5) is 4.79 Å². The second kappa shape index (κ2) is 13.6. The molecule has 0 unspecified atom stereocenters. The maximum Gasteiger partial charge on any atom is 0.408 e. The number of amides is 2. The fourth-order valence-corrected chi connectivity index (χ4v) is 6.24. The standard InChI is InChI=1S/C32H45N5O5/c1-6-41-30(39)26(34-31(40)42-32(2,3)4)15-18-36-16-8-10-27(36)29(38)37-17-7-9-24(37)13-14-25-20-23-12-11-22(21-33)19-28(23)35(25)5/h11-12,19-20,24,26-27H,6-10,13-18H2,1-5H3,(H,34,40)/t24-,26-,27+/m0/s1. The summed E-state index contributed by atoms with van der Waals surface area (Å²) in [6, 6.07) is 9.28. The highest BCUT2D eigenvalue weighted by Gasteiger charge is 2.38. The van der Waals surface area contributed by atoms with Crippen LogP contribution in [0.15, 0.2) is 24.3 Å². The molecular formula is C32H45N5O5. The summed E-state index contributed by atoms with van der Waals surface area (Å²) in [5.41, 5.74) is 2.21. The van der Waals surface area contributed by atoms with Crippen molar-refractivity contribution in [1.29, 1.82) is 5.26 Å². The number of fused-ring (bicyclic) bond motifs is 1. The zero-order chi connectivity index (χ0) is 30.4. The molecular weight excluding hydrogens is 534 g/mol. The number of aryl methyl sites for hydroxylation is 2. The first-order valence-corrected chi connectivity index (χ1v) is 15.2. The lowest BCUT2D eigenvalue weighted by atomic mass is 10.1. The lowest BCUT2D eigenvalue weighted by Gasteiger charge is -2.32. The maximum atomic E-state index is 13.8. The minimum absolute atomic E-state index is 0.165. The Balaban J connectivity index is 1.37. The second-order valence-electron chi connectivity index (χ2n) is 12.4. The lowest BCUT2D eigenvalue weighted by Crippen LogP contribution is -2.50. The van der Waals surface area contributed by atoms with E-state index in [1.807, 2.05) is 25.2 Å². The van der Waals surface area contributed by atoms with Crippen LogP contribution in [0.1, 0.15) is 77.5 Å². The summed E-state index contributed by atoms with van der Waals surface area (Å²) in [6.07, 6.45) is 5.10. The molecule has 42 heavy (non-hydrogen) atoms. The summed E-state index contributed by atoms with van der Waals surface area (Å²) >= 11 is 0. The number of likely N-dealkylation sites (tertiary alicyclic amines) is 2. The van der Waals surface area contributed by atoms with Crippen molar-refractivity contribution in [2.75, 3.05) is 26.2 Å². The number of nitrogens with one attached hydrogen (secondary N) is 1. The van der Waals surface area contributed by atoms with Gasteiger partial charge in [0.05, 0.1) is 24.3 Å². The Morgan fingerprint density at radius 2 is 1.90 bits per heavy atom. The van der Waals surface area contributed by atoms with E-state index >= 15 is 0 Å². The number of aromatic nitrogens is 1. The zero-order valence-electron chi connectivity index (χ0n) is 25.6. The van der Waals surface area contributed by atoms with Crippen LogP contribution in [-0.2, 0) is 32.5 Å². The van der Waals surface area contributed by atoms with Gasteiger partial charge in [-0.15, -0.1) is 0 Å². The van der Waals surface area contributed by atoms with Crippen molar-refractivity contribution in [3.8, 4) is 6.07 Å². The molecule has 2 saturated heterocycles. The fourth-order valence-electron chi connectivity index (χ4n) is 6.24. The highest BCUT2D eigenvalue weighted by Crippen LogP contribution is 2.28. The molecule has 2 amide bonds. The molecule has 0 saturated carbocycles. The van der Waals surface area contributed by atoms with Gasteiger partial charge in [0.1, 0.15) is 11.6 Å². The average Bonchev–Trinajstić information content (AvgIpc) is 3.67. The Morgan fingerprint density at radius 3 is 2.62 bits per heavy atom. The first-order chi connectivity index (χ1) is 20.0. The Hall–Kier alpha value is -3.58. The molecule has 0 radical (unpaired) electrons. The molecule has 228 valence electrons. The van der Waals surface area contributed by atoms with E-state index < -0.39 is 23.7 Å². The third-order valence-corrected chi connectivity index (χ3v) is 8.28. The van der Waals surface area contributed by atoms with E-state index in [4.69, 9.17) is 9.47 Å². The van der Waals surface area contributed by atoms with Gasteiger partial charge in [-0.3, -0.25) is 9.69 Å². The summed E-state index contributed by atoms with van der Waals surface area (Å²) in [7, 11) is 2.04. The van der Waals surface area contributed by atoms with Crippen LogP contribution in [-0.4, -0.2) is 82.3 Å². The summed E-state index contributed by atoms with van der Waals surface area (Å²) in [5.74, 6) is -0.333. The normalized spacial score (nSPS) is 20.0. The quantitative estimate of drug-likeness (QED) is 0.418. The minimum Gasteiger partial charge on any atom is -0.464 e. The number of ether oxygens (including phenoxy) is 2. The van der Waals surface area contributed by atoms with Gasteiger partial charge in [-0.05, 0) is 103 Å². The van der Waals surface area contributed by atoms with Crippen LogP contribution in [0.3, 0.4) is 0 Å². The summed E-state index contributed by atoms with van der Waals surface area (Å²) < 4.78 is 12.7. The van der Waals surface area contributed by atoms with Crippen molar-refractivity contribution >= 4 is 28.9 Å². The van der Waals surface area contributed by atoms with Gasteiger partial charge in [0.25, 0.3) is 0 Å². The SMILES string of the molecule is CCOC(=O)[C@H](CCN1CCC[C@@H]1C(=O)N1CCC[C@H]1CCc1cc2ccc(C#N)cc2n1C)NC(=O)OC(C)(C)C. The van der Waals surface area contributed by atoms with Gasteiger partial charge in [0.2, 0.25) is 5.91 Å². The summed E-state index contributed by atoms with van der Waals surface area (Å²) in [5, 5.41) is 13.1. The van der Waals surface area contributed by atoms with Gasteiger partial charge in [-0.2, -0.15) is 5.26 Å². The Bertz CT molecular complexity index is 1320. The molecule has 0 aliphatic carbocycles. The van der Waals surface area contributed by atoms with Gasteiger partial charge in [0.15, 0.2) is 0 Å². The Kier molecular flexibility index (Phi) is 10.2. The number of alkyl carbamates (subject to hydrolysis) is 1. The van der Waals surface area contributed by atoms with E-state index in [-0.39, 0.29) is 24.6 Å². The third kappa shape index (κ3) is 7.62. The highest BCUT2D eigenvalue weighted by atomic mass is 16.6. The maximum absolute atomic E-state index is 13.8. The molecule has 10 nitrogen and oxygen atoms in total. The molecule has 2 fully saturated rings. The van der Waals surface area contributed by atoms with Gasteiger partial charge in [-0.1, -0.05) is 6.07 Å². The van der Waals surface area contributed by atoms with E-state index in [0.29, 0.717) is 18.5 Å². The average molecular weight is 580 g/mol. The lowest BCUT2D eigenvalue weighted by molar-refractivity contribution is -0.146. The van der Waals surface area contributed by atoms with Crippen LogP contribution in [0.2, 0.25) is 0 Å². The molecule has 1 aromatic heterocycles. The third-order valence-electron chi connectivity index (χ3n) is 8.28. The van der Waals surface area contributed by atoms with Crippen molar-refractivity contribution in [3.05, 3.63) is 35.5 Å². The predicted octanol–water partition coefficient (Wildman–Crippen LogP) is 4.28. The number of hydrogen-bond donors (Lipinski definition) is 1. The van der Waals surface area contributed by atoms with Crippen molar-refractivity contribution in [2.45, 2.75) is 96.4 Å². The largest absolute Gasteiger partial charge is 0.464 e. The number of rotatable bonds is 10. The first-order valence-electron chi connectivity index (χ1n) is 15.2. The predicted molar refractivity (Wildman–Crippen MR) is 160 cm³/mol. The number of carbonyl (C=O) groups excluding carboxylic acids is 3. The molecule has 2 aliphatic heterocycles. The van der Waals surface area contributed by atoms with Crippen molar-refractivity contribution in [2.24, 2.45) is 7.05 Å². The molecule has 1 N–H and O–H groups in total. The van der Waals surface area contributed by atoms with E-state index in [0.717, 1.165) is 62.5 Å². The second-order valence-corrected chi connectivity index (χ2v) is 12.4. The minimum atomic E-state index is -0.847. The van der Waals surface area contributed by atoms with Crippen LogP contribution in [0.25, 0.3) is 10.9 Å². The van der Waals surface area contributed by atoms with E-state index in [2.05, 4.69) is 31.8 Å². The number of esters is 1. The van der Waals surface area contributed by atoms with Crippen LogP contribution >= 0.6 is 0 Å². The molecule has 0 bridgehead atoms. The van der Waals surface area contributed by atoms with Crippen LogP contribution in [0, 0.1) is 11.3 Å². The molecule has 0 spiro atoms. The van der Waals surface area contributed by atoms with Crippen molar-refractivity contribution < 1.29 is 23.9 Å². The first kappa shape index (κ1) is 31.4. The van der Waals surface area contributed by atoms with Crippen molar-refractivity contribution in [1.82, 2.24) is 19.7 Å². The molecule has 2 aliphatic rings. The smallest absolute Gasteiger partial charge is 0.408 e. The van der Waals surface area contributed by atoms with Crippen LogP contribution < -0.4 is 5.32 Å². The fraction of sp³-hybridized carbons (Fsp3) is 0.625. The number of benzene rings is 1. The monoisotopic (exact) mass is 579 g/mol. The Labute approximate surface area is 248 Å². The van der Waals surface area contributed by atoms with E-state index in [1.165, 1.54) is 5.69 Å². The summed E-state index contributed by atoms with van der Waals surface area (Å²) in [6.45, 7) is 9.29. The van der Waals surface area contributed by atoms with E-state index in [9.17, 15) is 19.6 Å². The van der Waals surface area contributed by atoms with Gasteiger partial charge >= 0.3 is 12.1 Å². The molecule has 3 heterocycles. The molecule has 10 heteroatoms. The molecule has 1 aromatic carbocycles. The highest BCUT2D eigenvalue weighted by molar-refractivity contribution is 5.84. The summed E-state index contributed by atoms with van der Waals surface area (Å²) in [4.78, 5) is 43.1. The van der Waals surface area contributed by atoms with E-state index in [1.54, 1.807) is 27.7 Å². The zero-order valence-corrected chi connectivity index (χ0v) is 25.6. The number of nitriles is 1. The molecule has 4 rings (SSSR count). The van der Waals surface area contributed by atoms with Crippen molar-refractivity contribution in [3.63, 3.8) is 0 Å². The number of hydrogen-bond acceptors (Lipinski definition) is 7. The van der Waals surface area contributed by atoms with Gasteiger partial charge in [0, 0.05) is 37.4 Å². The molecule has 3 atom stereocenters. The van der Waals surface area contributed by atoms with Crippen LogP contribution in [0.5, 0.6) is 0 Å².